The smallest absolute Gasteiger partial charge is 0.338 e. The number of hydrogen-bond acceptors (Lipinski definition) is 6. The topological polar surface area (TPSA) is 93.1 Å². The van der Waals surface area contributed by atoms with Crippen LogP contribution in [0.1, 0.15) is 17.3 Å². The number of benzene rings is 1. The minimum atomic E-state index is -1.11. The summed E-state index contributed by atoms with van der Waals surface area (Å²) in [5.41, 5.74) is -0.367. The maximum atomic E-state index is 12.9. The second kappa shape index (κ2) is 5.50. The molecule has 25 heavy (non-hydrogen) atoms. The fourth-order valence-corrected chi connectivity index (χ4v) is 3.90. The lowest BCUT2D eigenvalue weighted by molar-refractivity contribution is -0.128. The van der Waals surface area contributed by atoms with Crippen molar-refractivity contribution in [2.24, 2.45) is 11.8 Å². The second-order valence-corrected chi connectivity index (χ2v) is 6.34. The van der Waals surface area contributed by atoms with E-state index in [1.165, 1.54) is 12.1 Å². The molecule has 0 radical (unpaired) electrons. The van der Waals surface area contributed by atoms with E-state index in [1.54, 1.807) is 31.2 Å². The van der Waals surface area contributed by atoms with Gasteiger partial charge in [0, 0.05) is 0 Å². The molecule has 130 valence electrons. The average Bonchev–Trinajstić information content (AvgIpc) is 3.26. The van der Waals surface area contributed by atoms with E-state index >= 15 is 0 Å². The summed E-state index contributed by atoms with van der Waals surface area (Å²) in [6.07, 6.45) is 2.92. The number of fused-ring (bicyclic) bond motifs is 5. The summed E-state index contributed by atoms with van der Waals surface area (Å²) in [6.45, 7) is 1.63. The normalized spacial score (nSPS) is 32.4. The van der Waals surface area contributed by atoms with Crippen LogP contribution >= 0.6 is 0 Å². The summed E-state index contributed by atoms with van der Waals surface area (Å²) < 4.78 is 10.6. The van der Waals surface area contributed by atoms with Crippen molar-refractivity contribution in [2.45, 2.75) is 18.6 Å². The minimum Gasteiger partial charge on any atom is -0.462 e. The Bertz CT molecular complexity index is 785. The molecule has 0 unspecified atom stereocenters. The highest BCUT2D eigenvalue weighted by Gasteiger charge is 2.67. The quantitative estimate of drug-likeness (QED) is 0.491. The van der Waals surface area contributed by atoms with Crippen LogP contribution in [0.4, 0.5) is 5.69 Å². The number of ether oxygens (including phenoxy) is 2. The molecule has 2 amide bonds. The van der Waals surface area contributed by atoms with E-state index < -0.39 is 29.5 Å². The number of nitrogens with zero attached hydrogens (tertiary/aromatic N) is 1. The largest absolute Gasteiger partial charge is 0.462 e. The van der Waals surface area contributed by atoms with E-state index in [1.807, 2.05) is 0 Å². The van der Waals surface area contributed by atoms with Gasteiger partial charge in [-0.1, -0.05) is 12.2 Å². The van der Waals surface area contributed by atoms with Crippen LogP contribution in [-0.4, -0.2) is 47.8 Å². The van der Waals surface area contributed by atoms with Gasteiger partial charge in [0.05, 0.1) is 42.4 Å². The van der Waals surface area contributed by atoms with Gasteiger partial charge in [-0.3, -0.25) is 9.59 Å². The average molecular weight is 343 g/mol. The first-order chi connectivity index (χ1) is 12.0. The van der Waals surface area contributed by atoms with Gasteiger partial charge in [-0.25, -0.2) is 9.69 Å². The Morgan fingerprint density at radius 2 is 2.00 bits per heavy atom. The third kappa shape index (κ3) is 2.09. The minimum absolute atomic E-state index is 0.269. The summed E-state index contributed by atoms with van der Waals surface area (Å²) in [7, 11) is 0. The van der Waals surface area contributed by atoms with E-state index in [-0.39, 0.29) is 25.0 Å². The highest BCUT2D eigenvalue weighted by Crippen LogP contribution is 2.52. The fraction of sp³-hybridized carbons (Fsp3) is 0.389. The van der Waals surface area contributed by atoms with Crippen LogP contribution in [-0.2, 0) is 19.1 Å². The zero-order valence-corrected chi connectivity index (χ0v) is 13.5. The highest BCUT2D eigenvalue weighted by atomic mass is 16.5. The molecule has 0 aromatic heterocycles. The third-order valence-corrected chi connectivity index (χ3v) is 5.04. The van der Waals surface area contributed by atoms with E-state index in [0.717, 1.165) is 4.90 Å². The number of anilines is 1. The number of carbonyl (C=O) groups is 3. The number of carbonyl (C=O) groups excluding carboxylic acids is 3. The molecular weight excluding hydrogens is 326 g/mol. The number of hydrogen-bond donors (Lipinski definition) is 1. The first-order valence-electron chi connectivity index (χ1n) is 8.15. The molecule has 2 fully saturated rings. The van der Waals surface area contributed by atoms with Crippen molar-refractivity contribution in [1.29, 1.82) is 0 Å². The van der Waals surface area contributed by atoms with Gasteiger partial charge < -0.3 is 14.6 Å². The molecule has 2 saturated heterocycles. The first-order valence-corrected chi connectivity index (χ1v) is 8.15. The highest BCUT2D eigenvalue weighted by molar-refractivity contribution is 6.23. The van der Waals surface area contributed by atoms with Gasteiger partial charge in [-0.05, 0) is 31.2 Å². The SMILES string of the molecule is CCOC(=O)c1ccc(N2C(=O)[C@@H]3[C@H]4C=C[C@@](CO)(O4)[C@H]3C2=O)cc1. The van der Waals surface area contributed by atoms with Gasteiger partial charge in [0.15, 0.2) is 0 Å². The van der Waals surface area contributed by atoms with Gasteiger partial charge >= 0.3 is 5.97 Å². The molecule has 7 heteroatoms. The van der Waals surface area contributed by atoms with Crippen LogP contribution in [0, 0.1) is 11.8 Å². The van der Waals surface area contributed by atoms with Crippen LogP contribution in [0.25, 0.3) is 0 Å². The van der Waals surface area contributed by atoms with Gasteiger partial charge in [0.1, 0.15) is 5.60 Å². The number of esters is 1. The lowest BCUT2D eigenvalue weighted by Crippen LogP contribution is -2.43. The van der Waals surface area contributed by atoms with Gasteiger partial charge in [0.25, 0.3) is 0 Å². The molecule has 0 saturated carbocycles. The van der Waals surface area contributed by atoms with Gasteiger partial charge in [0.2, 0.25) is 11.8 Å². The Labute approximate surface area is 143 Å². The predicted molar refractivity (Wildman–Crippen MR) is 85.7 cm³/mol. The van der Waals surface area contributed by atoms with E-state index in [4.69, 9.17) is 9.47 Å². The van der Waals surface area contributed by atoms with Crippen LogP contribution in [0.3, 0.4) is 0 Å². The molecule has 1 aromatic rings. The van der Waals surface area contributed by atoms with Gasteiger partial charge in [-0.2, -0.15) is 0 Å². The Morgan fingerprint density at radius 1 is 1.28 bits per heavy atom. The predicted octanol–water partition coefficient (Wildman–Crippen LogP) is 0.669. The molecule has 0 aliphatic carbocycles. The van der Waals surface area contributed by atoms with E-state index in [2.05, 4.69) is 0 Å². The summed E-state index contributed by atoms with van der Waals surface area (Å²) in [5, 5.41) is 9.69. The first kappa shape index (κ1) is 16.0. The number of rotatable bonds is 4. The molecule has 3 aliphatic rings. The Hall–Kier alpha value is -2.51. The van der Waals surface area contributed by atoms with Crippen molar-refractivity contribution < 1.29 is 29.0 Å². The monoisotopic (exact) mass is 343 g/mol. The van der Waals surface area contributed by atoms with Crippen LogP contribution in [0.2, 0.25) is 0 Å². The molecule has 3 heterocycles. The number of aliphatic hydroxyl groups is 1. The van der Waals surface area contributed by atoms with Crippen LogP contribution in [0.15, 0.2) is 36.4 Å². The fourth-order valence-electron chi connectivity index (χ4n) is 3.90. The van der Waals surface area contributed by atoms with Crippen LogP contribution < -0.4 is 4.90 Å². The molecule has 3 aliphatic heterocycles. The number of imide groups is 1. The van der Waals surface area contributed by atoms with Crippen molar-refractivity contribution in [3.8, 4) is 0 Å². The maximum Gasteiger partial charge on any atom is 0.338 e. The molecule has 1 aromatic carbocycles. The van der Waals surface area contributed by atoms with E-state index in [0.29, 0.717) is 11.3 Å². The zero-order chi connectivity index (χ0) is 17.8. The number of aliphatic hydroxyl groups excluding tert-OH is 1. The van der Waals surface area contributed by atoms with E-state index in [9.17, 15) is 19.5 Å². The molecule has 0 spiro atoms. The number of amides is 2. The second-order valence-electron chi connectivity index (χ2n) is 6.34. The summed E-state index contributed by atoms with van der Waals surface area (Å²) >= 11 is 0. The Balaban J connectivity index is 1.64. The summed E-state index contributed by atoms with van der Waals surface area (Å²) in [6, 6.07) is 6.14. The molecule has 2 bridgehead atoms. The van der Waals surface area contributed by atoms with Gasteiger partial charge in [-0.15, -0.1) is 0 Å². The molecule has 7 nitrogen and oxygen atoms in total. The zero-order valence-electron chi connectivity index (χ0n) is 13.5. The van der Waals surface area contributed by atoms with Crippen molar-refractivity contribution in [3.63, 3.8) is 0 Å². The molecule has 4 rings (SSSR count). The summed E-state index contributed by atoms with van der Waals surface area (Å²) in [5.74, 6) is -2.53. The van der Waals surface area contributed by atoms with Crippen molar-refractivity contribution in [3.05, 3.63) is 42.0 Å². The van der Waals surface area contributed by atoms with Crippen molar-refractivity contribution in [2.75, 3.05) is 18.1 Å². The van der Waals surface area contributed by atoms with Crippen molar-refractivity contribution in [1.82, 2.24) is 0 Å². The molecule has 1 N–H and O–H groups in total. The standard InChI is InChI=1S/C18H17NO6/c1-2-24-17(23)10-3-5-11(6-4-10)19-15(21)13-12-7-8-18(9-20,25-12)14(13)16(19)22/h3-8,12-14,20H,2,9H2,1H3/t12-,13-,14-,18+/m1/s1. The third-order valence-electron chi connectivity index (χ3n) is 5.04. The molecule has 4 atom stereocenters. The Morgan fingerprint density at radius 3 is 2.64 bits per heavy atom. The summed E-state index contributed by atoms with van der Waals surface area (Å²) in [4.78, 5) is 38.5. The maximum absolute atomic E-state index is 12.9. The molecular formula is C18H17NO6. The Kier molecular flexibility index (Phi) is 3.52. The lowest BCUT2D eigenvalue weighted by Gasteiger charge is -2.26. The lowest BCUT2D eigenvalue weighted by atomic mass is 9.77. The van der Waals surface area contributed by atoms with Crippen molar-refractivity contribution >= 4 is 23.5 Å². The van der Waals surface area contributed by atoms with Crippen LogP contribution in [0.5, 0.6) is 0 Å².